The van der Waals surface area contributed by atoms with E-state index >= 15 is 0 Å². The molecule has 3 unspecified atom stereocenters. The van der Waals surface area contributed by atoms with Crippen LogP contribution in [-0.2, 0) is 14.3 Å². The van der Waals surface area contributed by atoms with Gasteiger partial charge in [-0.1, -0.05) is 254 Å². The molecule has 0 aliphatic heterocycles. The minimum atomic E-state index is -0.796. The molecule has 0 saturated heterocycles. The van der Waals surface area contributed by atoms with Gasteiger partial charge < -0.3 is 20.3 Å². The van der Waals surface area contributed by atoms with E-state index in [0.717, 1.165) is 70.6 Å². The molecule has 0 aliphatic carbocycles. The fraction of sp³-hybridized carbons (Fsp3) is 0.745. The van der Waals surface area contributed by atoms with Gasteiger partial charge in [0.1, 0.15) is 6.10 Å². The van der Waals surface area contributed by atoms with Crippen molar-refractivity contribution in [1.29, 1.82) is 0 Å². The third-order valence-electron chi connectivity index (χ3n) is 11.5. The molecule has 0 aromatic rings. The number of carbonyl (C=O) groups excluding carboxylic acids is 2. The predicted octanol–water partition coefficient (Wildman–Crippen LogP) is 15.4. The van der Waals surface area contributed by atoms with Crippen LogP contribution in [0.1, 0.15) is 239 Å². The van der Waals surface area contributed by atoms with Gasteiger partial charge in [0.25, 0.3) is 0 Å². The van der Waals surface area contributed by atoms with Crippen molar-refractivity contribution >= 4 is 11.9 Å². The summed E-state index contributed by atoms with van der Waals surface area (Å²) < 4.78 is 5.90. The Bertz CT molecular complexity index is 1140. The average molecular weight is 852 g/mol. The molecule has 0 radical (unpaired) electrons. The smallest absolute Gasteiger partial charge is 0.306 e. The molecule has 1 amide bonds. The monoisotopic (exact) mass is 852 g/mol. The third kappa shape index (κ3) is 43.7. The van der Waals surface area contributed by atoms with Crippen molar-refractivity contribution < 1.29 is 24.5 Å². The maximum Gasteiger partial charge on any atom is 0.306 e. The minimum Gasteiger partial charge on any atom is -0.462 e. The number of esters is 1. The number of rotatable bonds is 45. The first-order chi connectivity index (χ1) is 30.0. The van der Waals surface area contributed by atoms with Gasteiger partial charge in [0.05, 0.1) is 25.2 Å². The topological polar surface area (TPSA) is 95.9 Å². The van der Waals surface area contributed by atoms with Gasteiger partial charge in [-0.15, -0.1) is 0 Å². The second-order valence-electron chi connectivity index (χ2n) is 17.4. The SMILES string of the molecule is CC\C=C/C=C/C=C/C=C\C=C\C=C\CCCCCC(=O)OC(CCCCCCCCCCCC)CC(=O)NC(CO)C(O)CCCCCCCCCCCCCCCCC. The Balaban J connectivity index is 4.58. The molecule has 0 aliphatic rings. The van der Waals surface area contributed by atoms with Crippen molar-refractivity contribution in [2.45, 2.75) is 257 Å². The molecule has 3 atom stereocenters. The Morgan fingerprint density at radius 2 is 0.885 bits per heavy atom. The largest absolute Gasteiger partial charge is 0.462 e. The average Bonchev–Trinajstić information content (AvgIpc) is 3.25. The van der Waals surface area contributed by atoms with Crippen molar-refractivity contribution in [3.05, 3.63) is 72.9 Å². The van der Waals surface area contributed by atoms with Crippen LogP contribution in [0.4, 0.5) is 0 Å². The lowest BCUT2D eigenvalue weighted by Gasteiger charge is -2.24. The molecule has 0 aromatic carbocycles. The van der Waals surface area contributed by atoms with E-state index < -0.39 is 18.2 Å². The van der Waals surface area contributed by atoms with Gasteiger partial charge in [0.15, 0.2) is 0 Å². The van der Waals surface area contributed by atoms with Gasteiger partial charge in [0.2, 0.25) is 5.91 Å². The van der Waals surface area contributed by atoms with Crippen LogP contribution in [0.3, 0.4) is 0 Å². The van der Waals surface area contributed by atoms with Crippen molar-refractivity contribution in [1.82, 2.24) is 5.32 Å². The second-order valence-corrected chi connectivity index (χ2v) is 17.4. The molecule has 0 aromatic heterocycles. The summed E-state index contributed by atoms with van der Waals surface area (Å²) in [5, 5.41) is 23.8. The van der Waals surface area contributed by atoms with Crippen LogP contribution >= 0.6 is 0 Å². The van der Waals surface area contributed by atoms with E-state index in [0.29, 0.717) is 19.3 Å². The number of allylic oxidation sites excluding steroid dienone is 12. The lowest BCUT2D eigenvalue weighted by molar-refractivity contribution is -0.151. The maximum atomic E-state index is 13.2. The van der Waals surface area contributed by atoms with E-state index in [-0.39, 0.29) is 24.9 Å². The molecule has 0 rings (SSSR count). The standard InChI is InChI=1S/C55H97NO5/c1-4-7-10-13-16-19-22-24-26-27-29-31-33-36-39-42-45-48-55(60)61-51(46-43-40-37-34-21-18-15-12-9-6-3)49-54(59)56-52(50-57)53(58)47-44-41-38-35-32-30-28-25-23-20-17-14-11-8-5-2/h7,10,13,16,19,22,24,26-27,29,31,33,51-53,57-58H,4-6,8-9,11-12,14-15,17-18,20-21,23,25,28,30,32,34-50H2,1-3H3,(H,56,59)/b10-7-,16-13+,22-19+,26-24-,29-27+,33-31+. The summed E-state index contributed by atoms with van der Waals surface area (Å²) in [5.41, 5.74) is 0. The summed E-state index contributed by atoms with van der Waals surface area (Å²) in [7, 11) is 0. The maximum absolute atomic E-state index is 13.2. The molecule has 0 spiro atoms. The Labute approximate surface area is 377 Å². The Hall–Kier alpha value is -2.70. The zero-order valence-electron chi connectivity index (χ0n) is 40.0. The van der Waals surface area contributed by atoms with E-state index in [1.54, 1.807) is 0 Å². The molecule has 0 saturated carbocycles. The lowest BCUT2D eigenvalue weighted by Crippen LogP contribution is -2.46. The number of carbonyl (C=O) groups is 2. The van der Waals surface area contributed by atoms with Gasteiger partial charge >= 0.3 is 5.97 Å². The number of unbranched alkanes of at least 4 members (excludes halogenated alkanes) is 26. The molecule has 0 bridgehead atoms. The van der Waals surface area contributed by atoms with Crippen LogP contribution in [0.15, 0.2) is 72.9 Å². The van der Waals surface area contributed by atoms with E-state index in [1.807, 2.05) is 48.6 Å². The van der Waals surface area contributed by atoms with Crippen molar-refractivity contribution in [2.24, 2.45) is 0 Å². The number of nitrogens with one attached hydrogen (secondary N) is 1. The molecule has 0 fully saturated rings. The Morgan fingerprint density at radius 1 is 0.492 bits per heavy atom. The van der Waals surface area contributed by atoms with Crippen LogP contribution in [-0.4, -0.2) is 46.9 Å². The molecular formula is C55H97NO5. The summed E-state index contributed by atoms with van der Waals surface area (Å²) in [4.78, 5) is 26.1. The highest BCUT2D eigenvalue weighted by molar-refractivity contribution is 5.77. The minimum absolute atomic E-state index is 0.0584. The van der Waals surface area contributed by atoms with Gasteiger partial charge in [-0.3, -0.25) is 9.59 Å². The highest BCUT2D eigenvalue weighted by Gasteiger charge is 2.24. The zero-order chi connectivity index (χ0) is 44.5. The first-order valence-corrected chi connectivity index (χ1v) is 25.7. The Kier molecular flexibility index (Phi) is 46.2. The Morgan fingerprint density at radius 3 is 1.33 bits per heavy atom. The highest BCUT2D eigenvalue weighted by atomic mass is 16.5. The van der Waals surface area contributed by atoms with Gasteiger partial charge in [-0.25, -0.2) is 0 Å². The predicted molar refractivity (Wildman–Crippen MR) is 264 cm³/mol. The first kappa shape index (κ1) is 58.3. The number of hydrogen-bond acceptors (Lipinski definition) is 5. The van der Waals surface area contributed by atoms with Crippen molar-refractivity contribution in [3.8, 4) is 0 Å². The number of aliphatic hydroxyl groups is 2. The number of hydrogen-bond donors (Lipinski definition) is 3. The van der Waals surface area contributed by atoms with Crippen LogP contribution in [0.5, 0.6) is 0 Å². The van der Waals surface area contributed by atoms with Crippen molar-refractivity contribution in [3.63, 3.8) is 0 Å². The molecule has 0 heterocycles. The summed E-state index contributed by atoms with van der Waals surface area (Å²) in [6, 6.07) is -0.711. The second kappa shape index (κ2) is 48.3. The van der Waals surface area contributed by atoms with Gasteiger partial charge in [-0.2, -0.15) is 0 Å². The highest BCUT2D eigenvalue weighted by Crippen LogP contribution is 2.18. The van der Waals surface area contributed by atoms with Crippen molar-refractivity contribution in [2.75, 3.05) is 6.61 Å². The van der Waals surface area contributed by atoms with Crippen LogP contribution in [0, 0.1) is 0 Å². The summed E-state index contributed by atoms with van der Waals surface area (Å²) in [6.45, 7) is 6.32. The fourth-order valence-electron chi connectivity index (χ4n) is 7.58. The fourth-order valence-corrected chi connectivity index (χ4v) is 7.58. The van der Waals surface area contributed by atoms with E-state index in [2.05, 4.69) is 50.4 Å². The number of amides is 1. The summed E-state index contributed by atoms with van der Waals surface area (Å²) >= 11 is 0. The van der Waals surface area contributed by atoms with E-state index in [9.17, 15) is 19.8 Å². The lowest BCUT2D eigenvalue weighted by atomic mass is 10.0. The van der Waals surface area contributed by atoms with Crippen LogP contribution in [0.25, 0.3) is 0 Å². The molecule has 6 nitrogen and oxygen atoms in total. The van der Waals surface area contributed by atoms with E-state index in [4.69, 9.17) is 4.74 Å². The van der Waals surface area contributed by atoms with Crippen LogP contribution in [0.2, 0.25) is 0 Å². The van der Waals surface area contributed by atoms with Crippen LogP contribution < -0.4 is 5.32 Å². The number of aliphatic hydroxyl groups excluding tert-OH is 2. The van der Waals surface area contributed by atoms with E-state index in [1.165, 1.54) is 122 Å². The quantitative estimate of drug-likeness (QED) is 0.0322. The molecule has 352 valence electrons. The molecule has 6 heteroatoms. The first-order valence-electron chi connectivity index (χ1n) is 25.7. The normalized spacial score (nSPS) is 13.9. The number of ether oxygens (including phenoxy) is 1. The molecular weight excluding hydrogens is 755 g/mol. The zero-order valence-corrected chi connectivity index (χ0v) is 40.0. The molecule has 61 heavy (non-hydrogen) atoms. The summed E-state index contributed by atoms with van der Waals surface area (Å²) in [6.07, 6.45) is 61.0. The van der Waals surface area contributed by atoms with Gasteiger partial charge in [-0.05, 0) is 44.9 Å². The molecule has 3 N–H and O–H groups in total. The third-order valence-corrected chi connectivity index (χ3v) is 11.5. The van der Waals surface area contributed by atoms with Gasteiger partial charge in [0, 0.05) is 6.42 Å². The summed E-state index contributed by atoms with van der Waals surface area (Å²) in [5.74, 6) is -0.524.